The zero-order valence-corrected chi connectivity index (χ0v) is 16.5. The minimum atomic E-state index is -4.84. The summed E-state index contributed by atoms with van der Waals surface area (Å²) < 4.78 is 70.9. The van der Waals surface area contributed by atoms with Crippen LogP contribution in [0.4, 0.5) is 19.0 Å². The SMILES string of the molecule is COC(=O)C1C[C@H](S(=O)(=O)c2ccccc2C(F)(F)F)CN1c1ccnc(Cl)n1. The number of hydrogen-bond donors (Lipinski definition) is 0. The first-order chi connectivity index (χ1) is 13.6. The number of sulfone groups is 1. The number of carbonyl (C=O) groups is 1. The van der Waals surface area contributed by atoms with Gasteiger partial charge in [0.1, 0.15) is 11.9 Å². The molecule has 29 heavy (non-hydrogen) atoms. The maximum atomic E-state index is 13.3. The average molecular weight is 450 g/mol. The van der Waals surface area contributed by atoms with E-state index >= 15 is 0 Å². The van der Waals surface area contributed by atoms with Gasteiger partial charge < -0.3 is 9.64 Å². The molecular weight excluding hydrogens is 435 g/mol. The molecule has 0 N–H and O–H groups in total. The summed E-state index contributed by atoms with van der Waals surface area (Å²) in [6.45, 7) is -0.262. The van der Waals surface area contributed by atoms with Crippen LogP contribution in [0.3, 0.4) is 0 Å². The van der Waals surface area contributed by atoms with Crippen molar-refractivity contribution in [3.63, 3.8) is 0 Å². The van der Waals surface area contributed by atoms with E-state index in [1.807, 2.05) is 0 Å². The Morgan fingerprint density at radius 2 is 1.97 bits per heavy atom. The molecule has 1 aromatic carbocycles. The summed E-state index contributed by atoms with van der Waals surface area (Å²) in [5, 5.41) is -1.41. The third-order valence-corrected chi connectivity index (χ3v) is 6.95. The largest absolute Gasteiger partial charge is 0.467 e. The van der Waals surface area contributed by atoms with Crippen LogP contribution in [0.2, 0.25) is 5.28 Å². The number of hydrogen-bond acceptors (Lipinski definition) is 7. The van der Waals surface area contributed by atoms with E-state index in [4.69, 9.17) is 16.3 Å². The number of methoxy groups -OCH3 is 1. The van der Waals surface area contributed by atoms with Crippen molar-refractivity contribution < 1.29 is 31.1 Å². The molecule has 7 nitrogen and oxygen atoms in total. The number of esters is 1. The van der Waals surface area contributed by atoms with Gasteiger partial charge in [0.2, 0.25) is 5.28 Å². The van der Waals surface area contributed by atoms with Crippen LogP contribution in [0.5, 0.6) is 0 Å². The fourth-order valence-electron chi connectivity index (χ4n) is 3.25. The monoisotopic (exact) mass is 449 g/mol. The standard InChI is InChI=1S/C17H15ClF3N3O4S/c1-28-15(25)12-8-10(9-24(12)14-6-7-22-16(18)23-14)29(26,27)13-5-3-2-4-11(13)17(19,20)21/h2-7,10,12H,8-9H2,1H3/t10-,12?/m0/s1. The van der Waals surface area contributed by atoms with E-state index in [0.29, 0.717) is 6.07 Å². The van der Waals surface area contributed by atoms with Gasteiger partial charge >= 0.3 is 12.1 Å². The Balaban J connectivity index is 2.03. The molecule has 2 aromatic rings. The van der Waals surface area contributed by atoms with Crippen molar-refractivity contribution in [3.05, 3.63) is 47.4 Å². The Morgan fingerprint density at radius 1 is 1.28 bits per heavy atom. The summed E-state index contributed by atoms with van der Waals surface area (Å²) in [4.78, 5) is 20.4. The van der Waals surface area contributed by atoms with Crippen molar-refractivity contribution in [1.29, 1.82) is 0 Å². The number of halogens is 4. The van der Waals surface area contributed by atoms with Gasteiger partial charge in [-0.2, -0.15) is 13.2 Å². The van der Waals surface area contributed by atoms with E-state index < -0.39 is 43.7 Å². The second kappa shape index (κ2) is 7.79. The molecule has 12 heteroatoms. The lowest BCUT2D eigenvalue weighted by Gasteiger charge is -2.23. The summed E-state index contributed by atoms with van der Waals surface area (Å²) in [5.41, 5.74) is -1.25. The molecule has 2 heterocycles. The first kappa shape index (κ1) is 21.3. The van der Waals surface area contributed by atoms with Crippen LogP contribution < -0.4 is 4.90 Å². The highest BCUT2D eigenvalue weighted by atomic mass is 35.5. The Labute approximate surface area is 169 Å². The van der Waals surface area contributed by atoms with Crippen LogP contribution >= 0.6 is 11.6 Å². The Hall–Kier alpha value is -2.40. The van der Waals surface area contributed by atoms with Gasteiger partial charge in [-0.3, -0.25) is 0 Å². The second-order valence-electron chi connectivity index (χ2n) is 6.27. The predicted octanol–water partition coefficient (Wildman–Crippen LogP) is 2.74. The molecule has 1 aromatic heterocycles. The number of alkyl halides is 3. The molecule has 1 aliphatic rings. The van der Waals surface area contributed by atoms with Crippen LogP contribution in [-0.4, -0.2) is 49.3 Å². The van der Waals surface area contributed by atoms with E-state index in [-0.39, 0.29) is 24.1 Å². The van der Waals surface area contributed by atoms with Crippen LogP contribution in [0, 0.1) is 0 Å². The van der Waals surface area contributed by atoms with E-state index in [9.17, 15) is 26.4 Å². The van der Waals surface area contributed by atoms with E-state index in [0.717, 1.165) is 19.2 Å². The molecule has 156 valence electrons. The molecule has 1 unspecified atom stereocenters. The van der Waals surface area contributed by atoms with Gasteiger partial charge in [-0.1, -0.05) is 12.1 Å². The highest BCUT2D eigenvalue weighted by Crippen LogP contribution is 2.38. The van der Waals surface area contributed by atoms with E-state index in [1.165, 1.54) is 23.2 Å². The van der Waals surface area contributed by atoms with Crippen molar-refractivity contribution in [2.75, 3.05) is 18.6 Å². The number of aromatic nitrogens is 2. The molecule has 2 atom stereocenters. The van der Waals surface area contributed by atoms with Gasteiger partial charge in [0.25, 0.3) is 0 Å². The molecule has 1 saturated heterocycles. The lowest BCUT2D eigenvalue weighted by Crippen LogP contribution is -2.37. The maximum Gasteiger partial charge on any atom is 0.417 e. The van der Waals surface area contributed by atoms with Crippen molar-refractivity contribution in [2.45, 2.75) is 28.8 Å². The van der Waals surface area contributed by atoms with Gasteiger partial charge in [0, 0.05) is 12.7 Å². The van der Waals surface area contributed by atoms with Gasteiger partial charge in [0.05, 0.1) is 22.8 Å². The number of nitrogens with zero attached hydrogens (tertiary/aromatic N) is 3. The van der Waals surface area contributed by atoms with Gasteiger partial charge in [-0.05, 0) is 36.2 Å². The van der Waals surface area contributed by atoms with E-state index in [1.54, 1.807) is 0 Å². The maximum absolute atomic E-state index is 13.3. The zero-order chi connectivity index (χ0) is 21.4. The summed E-state index contributed by atoms with van der Waals surface area (Å²) in [5.74, 6) is -0.566. The number of benzene rings is 1. The van der Waals surface area contributed by atoms with Crippen molar-refractivity contribution in [3.8, 4) is 0 Å². The van der Waals surface area contributed by atoms with Crippen LogP contribution in [0.1, 0.15) is 12.0 Å². The zero-order valence-electron chi connectivity index (χ0n) is 14.9. The van der Waals surface area contributed by atoms with Crippen molar-refractivity contribution >= 4 is 33.2 Å². The minimum absolute atomic E-state index is 0.125. The quantitative estimate of drug-likeness (QED) is 0.523. The van der Waals surface area contributed by atoms with Crippen molar-refractivity contribution in [2.24, 2.45) is 0 Å². The molecule has 3 rings (SSSR count). The molecule has 0 bridgehead atoms. The minimum Gasteiger partial charge on any atom is -0.467 e. The molecule has 0 spiro atoms. The van der Waals surface area contributed by atoms with Crippen LogP contribution in [0.15, 0.2) is 41.4 Å². The lowest BCUT2D eigenvalue weighted by molar-refractivity contribution is -0.142. The molecule has 0 radical (unpaired) electrons. The normalized spacial score (nSPS) is 20.0. The number of anilines is 1. The van der Waals surface area contributed by atoms with E-state index in [2.05, 4.69) is 9.97 Å². The molecule has 1 fully saturated rings. The third-order valence-electron chi connectivity index (χ3n) is 4.58. The molecular formula is C17H15ClF3N3O4S. The summed E-state index contributed by atoms with van der Waals surface area (Å²) in [6.07, 6.45) is -3.79. The Kier molecular flexibility index (Phi) is 5.72. The Morgan fingerprint density at radius 3 is 2.59 bits per heavy atom. The fourth-order valence-corrected chi connectivity index (χ4v) is 5.30. The topological polar surface area (TPSA) is 89.5 Å². The smallest absolute Gasteiger partial charge is 0.417 e. The first-order valence-electron chi connectivity index (χ1n) is 8.29. The van der Waals surface area contributed by atoms with Crippen molar-refractivity contribution in [1.82, 2.24) is 9.97 Å². The Bertz CT molecular complexity index is 1030. The highest BCUT2D eigenvalue weighted by Gasteiger charge is 2.47. The first-order valence-corrected chi connectivity index (χ1v) is 10.2. The summed E-state index contributed by atoms with van der Waals surface area (Å²) >= 11 is 5.77. The van der Waals surface area contributed by atoms with Crippen LogP contribution in [-0.2, 0) is 25.5 Å². The fraction of sp³-hybridized carbons (Fsp3) is 0.353. The molecule has 0 amide bonds. The van der Waals surface area contributed by atoms with Crippen LogP contribution in [0.25, 0.3) is 0 Å². The number of ether oxygens (including phenoxy) is 1. The molecule has 1 aliphatic heterocycles. The molecule has 0 saturated carbocycles. The second-order valence-corrected chi connectivity index (χ2v) is 8.81. The molecule has 0 aliphatic carbocycles. The highest BCUT2D eigenvalue weighted by molar-refractivity contribution is 7.92. The number of carbonyl (C=O) groups excluding carboxylic acids is 1. The summed E-state index contributed by atoms with van der Waals surface area (Å²) in [6, 6.07) is 4.32. The van der Waals surface area contributed by atoms with Gasteiger partial charge in [0.15, 0.2) is 9.84 Å². The van der Waals surface area contributed by atoms with Gasteiger partial charge in [-0.25, -0.2) is 23.2 Å². The third kappa shape index (κ3) is 4.15. The predicted molar refractivity (Wildman–Crippen MR) is 97.2 cm³/mol. The summed E-state index contributed by atoms with van der Waals surface area (Å²) in [7, 11) is -3.29. The van der Waals surface area contributed by atoms with Gasteiger partial charge in [-0.15, -0.1) is 0 Å². The number of rotatable bonds is 4. The lowest BCUT2D eigenvalue weighted by atomic mass is 10.2. The average Bonchev–Trinajstić information content (AvgIpc) is 3.13.